The first-order valence-corrected chi connectivity index (χ1v) is 4.90. The molecule has 1 heterocycles. The van der Waals surface area contributed by atoms with Gasteiger partial charge in [-0.15, -0.1) is 0 Å². The van der Waals surface area contributed by atoms with Gasteiger partial charge in [0.25, 0.3) is 11.6 Å². The molecule has 7 nitrogen and oxygen atoms in total. The van der Waals surface area contributed by atoms with E-state index in [0.29, 0.717) is 6.54 Å². The molecule has 88 valence electrons. The summed E-state index contributed by atoms with van der Waals surface area (Å²) < 4.78 is 0. The van der Waals surface area contributed by atoms with Crippen LogP contribution in [0, 0.1) is 10.1 Å². The molecule has 1 aromatic heterocycles. The Kier molecular flexibility index (Phi) is 4.46. The molecule has 0 saturated carbocycles. The van der Waals surface area contributed by atoms with Crippen molar-refractivity contribution in [2.45, 2.75) is 6.42 Å². The Morgan fingerprint density at radius 3 is 2.88 bits per heavy atom. The Labute approximate surface area is 92.4 Å². The molecule has 0 atom stereocenters. The number of nitro groups is 1. The van der Waals surface area contributed by atoms with E-state index in [2.05, 4.69) is 15.6 Å². The smallest absolute Gasteiger partial charge is 0.287 e. The van der Waals surface area contributed by atoms with E-state index in [4.69, 9.17) is 0 Å². The van der Waals surface area contributed by atoms with E-state index in [1.165, 1.54) is 12.3 Å². The molecule has 0 aliphatic rings. The van der Waals surface area contributed by atoms with E-state index >= 15 is 0 Å². The van der Waals surface area contributed by atoms with Crippen molar-refractivity contribution >= 4 is 11.6 Å². The third-order valence-corrected chi connectivity index (χ3v) is 2.01. The molecule has 0 aromatic carbocycles. The van der Waals surface area contributed by atoms with Crippen LogP contribution in [0.4, 0.5) is 5.69 Å². The number of aromatic nitrogens is 1. The van der Waals surface area contributed by atoms with Gasteiger partial charge in [0.1, 0.15) is 5.69 Å². The molecular formula is C9H14N4O3. The number of rotatable bonds is 6. The Bertz CT molecular complexity index is 375. The van der Waals surface area contributed by atoms with E-state index in [-0.39, 0.29) is 17.3 Å². The van der Waals surface area contributed by atoms with Crippen LogP contribution in [0.5, 0.6) is 0 Å². The Morgan fingerprint density at radius 1 is 1.56 bits per heavy atom. The van der Waals surface area contributed by atoms with E-state index < -0.39 is 4.92 Å². The molecule has 0 bridgehead atoms. The fourth-order valence-electron chi connectivity index (χ4n) is 1.18. The van der Waals surface area contributed by atoms with Crippen molar-refractivity contribution < 1.29 is 9.72 Å². The molecule has 1 amide bonds. The normalized spacial score (nSPS) is 10.1. The topological polar surface area (TPSA) is 100 Å². The highest BCUT2D eigenvalue weighted by molar-refractivity contribution is 5.93. The van der Waals surface area contributed by atoms with Gasteiger partial charge in [-0.3, -0.25) is 14.9 Å². The minimum absolute atomic E-state index is 0.111. The minimum atomic E-state index is -0.547. The molecule has 0 radical (unpaired) electrons. The Morgan fingerprint density at radius 2 is 2.31 bits per heavy atom. The first-order chi connectivity index (χ1) is 7.65. The first kappa shape index (κ1) is 12.2. The van der Waals surface area contributed by atoms with Gasteiger partial charge in [-0.25, -0.2) is 0 Å². The minimum Gasteiger partial charge on any atom is -0.351 e. The standard InChI is InChI=1S/C9H14N4O3/c1-10-3-2-4-11-9(14)8-5-7(6-12-8)13(15)16/h5-6,10,12H,2-4H2,1H3,(H,11,14). The van der Waals surface area contributed by atoms with Crippen LogP contribution in [0.3, 0.4) is 0 Å². The fourth-order valence-corrected chi connectivity index (χ4v) is 1.18. The largest absolute Gasteiger partial charge is 0.351 e. The highest BCUT2D eigenvalue weighted by atomic mass is 16.6. The SMILES string of the molecule is CNCCCNC(=O)c1cc([N+](=O)[O-])c[nH]1. The average Bonchev–Trinajstić information content (AvgIpc) is 2.73. The van der Waals surface area contributed by atoms with E-state index in [0.717, 1.165) is 13.0 Å². The summed E-state index contributed by atoms with van der Waals surface area (Å²) >= 11 is 0. The Balaban J connectivity index is 2.43. The number of aromatic amines is 1. The molecule has 0 aliphatic carbocycles. The van der Waals surface area contributed by atoms with Crippen molar-refractivity contribution in [3.05, 3.63) is 28.1 Å². The lowest BCUT2D eigenvalue weighted by molar-refractivity contribution is -0.384. The van der Waals surface area contributed by atoms with Crippen molar-refractivity contribution in [3.8, 4) is 0 Å². The summed E-state index contributed by atoms with van der Waals surface area (Å²) in [6, 6.07) is 1.22. The third-order valence-electron chi connectivity index (χ3n) is 2.01. The van der Waals surface area contributed by atoms with Crippen LogP contribution in [-0.2, 0) is 0 Å². The highest BCUT2D eigenvalue weighted by Crippen LogP contribution is 2.11. The summed E-state index contributed by atoms with van der Waals surface area (Å²) in [4.78, 5) is 23.9. The van der Waals surface area contributed by atoms with Crippen LogP contribution in [0.1, 0.15) is 16.9 Å². The van der Waals surface area contributed by atoms with E-state index in [9.17, 15) is 14.9 Å². The van der Waals surface area contributed by atoms with E-state index in [1.54, 1.807) is 0 Å². The van der Waals surface area contributed by atoms with Gasteiger partial charge in [0.05, 0.1) is 11.1 Å². The first-order valence-electron chi connectivity index (χ1n) is 4.90. The number of carbonyl (C=O) groups excluding carboxylic acids is 1. The van der Waals surface area contributed by atoms with Crippen molar-refractivity contribution in [2.24, 2.45) is 0 Å². The molecule has 0 unspecified atom stereocenters. The van der Waals surface area contributed by atoms with E-state index in [1.807, 2.05) is 7.05 Å². The molecule has 16 heavy (non-hydrogen) atoms. The molecule has 1 rings (SSSR count). The fraction of sp³-hybridized carbons (Fsp3) is 0.444. The van der Waals surface area contributed by atoms with Gasteiger partial charge in [0, 0.05) is 12.6 Å². The zero-order chi connectivity index (χ0) is 12.0. The van der Waals surface area contributed by atoms with Crippen molar-refractivity contribution in [1.82, 2.24) is 15.6 Å². The van der Waals surface area contributed by atoms with Gasteiger partial charge < -0.3 is 15.6 Å². The van der Waals surface area contributed by atoms with Crippen LogP contribution >= 0.6 is 0 Å². The molecule has 1 aromatic rings. The van der Waals surface area contributed by atoms with Crippen LogP contribution in [0.15, 0.2) is 12.3 Å². The predicted octanol–water partition coefficient (Wildman–Crippen LogP) is 0.262. The molecule has 3 N–H and O–H groups in total. The van der Waals surface area contributed by atoms with Crippen molar-refractivity contribution in [3.63, 3.8) is 0 Å². The quantitative estimate of drug-likeness (QED) is 0.368. The zero-order valence-electron chi connectivity index (χ0n) is 8.95. The number of H-pyrrole nitrogens is 1. The van der Waals surface area contributed by atoms with Gasteiger partial charge in [-0.05, 0) is 20.0 Å². The monoisotopic (exact) mass is 226 g/mol. The lowest BCUT2D eigenvalue weighted by Gasteiger charge is -2.02. The second kappa shape index (κ2) is 5.86. The summed E-state index contributed by atoms with van der Waals surface area (Å²) in [7, 11) is 1.83. The van der Waals surface area contributed by atoms with Crippen LogP contribution < -0.4 is 10.6 Å². The molecule has 7 heteroatoms. The number of nitrogens with zero attached hydrogens (tertiary/aromatic N) is 1. The van der Waals surface area contributed by atoms with Gasteiger partial charge >= 0.3 is 0 Å². The summed E-state index contributed by atoms with van der Waals surface area (Å²) in [6.45, 7) is 1.34. The summed E-state index contributed by atoms with van der Waals surface area (Å²) in [5.41, 5.74) is 0.0940. The lowest BCUT2D eigenvalue weighted by atomic mass is 10.3. The molecule has 0 spiro atoms. The molecular weight excluding hydrogens is 212 g/mol. The summed E-state index contributed by atoms with van der Waals surface area (Å²) in [5, 5.41) is 16.0. The highest BCUT2D eigenvalue weighted by Gasteiger charge is 2.13. The van der Waals surface area contributed by atoms with Crippen LogP contribution in [-0.4, -0.2) is 36.0 Å². The second-order valence-electron chi connectivity index (χ2n) is 3.24. The van der Waals surface area contributed by atoms with Crippen LogP contribution in [0.25, 0.3) is 0 Å². The maximum absolute atomic E-state index is 11.5. The predicted molar refractivity (Wildman–Crippen MR) is 58.3 cm³/mol. The maximum Gasteiger partial charge on any atom is 0.287 e. The third kappa shape index (κ3) is 3.35. The number of nitrogens with one attached hydrogen (secondary N) is 3. The number of carbonyl (C=O) groups is 1. The van der Waals surface area contributed by atoms with Gasteiger partial charge in [0.15, 0.2) is 0 Å². The molecule has 0 aliphatic heterocycles. The molecule has 0 saturated heterocycles. The van der Waals surface area contributed by atoms with Crippen molar-refractivity contribution in [2.75, 3.05) is 20.1 Å². The van der Waals surface area contributed by atoms with Crippen molar-refractivity contribution in [1.29, 1.82) is 0 Å². The average molecular weight is 226 g/mol. The lowest BCUT2D eigenvalue weighted by Crippen LogP contribution is -2.26. The second-order valence-corrected chi connectivity index (χ2v) is 3.24. The maximum atomic E-state index is 11.5. The Hall–Kier alpha value is -1.89. The van der Waals surface area contributed by atoms with Gasteiger partial charge in [-0.2, -0.15) is 0 Å². The van der Waals surface area contributed by atoms with Crippen LogP contribution in [0.2, 0.25) is 0 Å². The molecule has 0 fully saturated rings. The van der Waals surface area contributed by atoms with Gasteiger partial charge in [-0.1, -0.05) is 0 Å². The summed E-state index contributed by atoms with van der Waals surface area (Å²) in [5.74, 6) is -0.329. The number of amides is 1. The summed E-state index contributed by atoms with van der Waals surface area (Å²) in [6.07, 6.45) is 2.01. The number of hydrogen-bond acceptors (Lipinski definition) is 4. The number of hydrogen-bond donors (Lipinski definition) is 3. The van der Waals surface area contributed by atoms with Gasteiger partial charge in [0.2, 0.25) is 0 Å². The zero-order valence-corrected chi connectivity index (χ0v) is 8.95.